The normalized spacial score (nSPS) is 16.8. The van der Waals surface area contributed by atoms with Crippen LogP contribution in [-0.4, -0.2) is 37.8 Å². The van der Waals surface area contributed by atoms with Crippen LogP contribution in [0.5, 0.6) is 0 Å². The molecule has 1 aliphatic heterocycles. The Labute approximate surface area is 153 Å². The molecule has 0 aliphatic carbocycles. The molecule has 0 spiro atoms. The number of sulfonamides is 1. The molecule has 1 atom stereocenters. The second-order valence-electron chi connectivity index (χ2n) is 6.33. The second-order valence-corrected chi connectivity index (χ2v) is 8.27. The number of benzene rings is 2. The first kappa shape index (κ1) is 18.5. The van der Waals surface area contributed by atoms with Gasteiger partial charge in [-0.05, 0) is 49.2 Å². The number of hydrogen-bond acceptors (Lipinski definition) is 3. The van der Waals surface area contributed by atoms with E-state index >= 15 is 0 Å². The summed E-state index contributed by atoms with van der Waals surface area (Å²) in [6.45, 7) is 3.52. The van der Waals surface area contributed by atoms with Crippen molar-refractivity contribution >= 4 is 21.6 Å². The molecule has 5 nitrogen and oxygen atoms in total. The molecule has 138 valence electrons. The van der Waals surface area contributed by atoms with Crippen molar-refractivity contribution in [2.24, 2.45) is 0 Å². The minimum atomic E-state index is -3.87. The highest BCUT2D eigenvalue weighted by Crippen LogP contribution is 2.32. The van der Waals surface area contributed by atoms with E-state index in [4.69, 9.17) is 0 Å². The molecule has 0 saturated carbocycles. The lowest BCUT2D eigenvalue weighted by molar-refractivity contribution is -0.119. The van der Waals surface area contributed by atoms with Gasteiger partial charge in [0.25, 0.3) is 0 Å². The Bertz CT molecular complexity index is 913. The van der Waals surface area contributed by atoms with Crippen LogP contribution in [0, 0.1) is 5.82 Å². The Morgan fingerprint density at radius 1 is 1.19 bits per heavy atom. The highest BCUT2D eigenvalue weighted by Gasteiger charge is 2.33. The number of carbonyl (C=O) groups excluding carboxylic acids is 1. The topological polar surface area (TPSA) is 57.7 Å². The molecule has 3 rings (SSSR count). The van der Waals surface area contributed by atoms with Crippen LogP contribution in [0.15, 0.2) is 53.4 Å². The fraction of sp³-hybridized carbons (Fsp3) is 0.316. The smallest absolute Gasteiger partial charge is 0.243 e. The van der Waals surface area contributed by atoms with Crippen molar-refractivity contribution in [2.45, 2.75) is 31.2 Å². The molecular weight excluding hydrogens is 355 g/mol. The third kappa shape index (κ3) is 3.37. The molecule has 0 fully saturated rings. The van der Waals surface area contributed by atoms with Crippen molar-refractivity contribution < 1.29 is 17.6 Å². The molecule has 0 aromatic heterocycles. The van der Waals surface area contributed by atoms with Crippen molar-refractivity contribution in [3.8, 4) is 0 Å². The summed E-state index contributed by atoms with van der Waals surface area (Å²) in [5.41, 5.74) is 1.91. The molecule has 0 saturated heterocycles. The molecule has 1 aliphatic rings. The zero-order chi connectivity index (χ0) is 18.9. The van der Waals surface area contributed by atoms with Gasteiger partial charge in [0.05, 0.1) is 11.4 Å². The molecule has 1 amide bonds. The fourth-order valence-corrected chi connectivity index (χ4v) is 4.69. The first-order chi connectivity index (χ1) is 12.3. The number of anilines is 1. The third-order valence-electron chi connectivity index (χ3n) is 4.59. The van der Waals surface area contributed by atoms with E-state index in [0.717, 1.165) is 34.1 Å². The number of fused-ring (bicyclic) bond motifs is 1. The first-order valence-corrected chi connectivity index (χ1v) is 9.94. The number of para-hydroxylation sites is 1. The molecule has 2 aromatic rings. The van der Waals surface area contributed by atoms with Gasteiger partial charge in [0, 0.05) is 18.3 Å². The van der Waals surface area contributed by atoms with Crippen molar-refractivity contribution in [1.29, 1.82) is 0 Å². The minimum absolute atomic E-state index is 0.0212. The van der Waals surface area contributed by atoms with Crippen LogP contribution in [0.1, 0.15) is 19.4 Å². The SMILES string of the molecule is CCN(CC(=O)N1c2ccccc2CC1C)S(=O)(=O)c1ccc(F)cc1. The summed E-state index contributed by atoms with van der Waals surface area (Å²) in [6.07, 6.45) is 0.749. The van der Waals surface area contributed by atoms with Crippen LogP contribution in [-0.2, 0) is 21.2 Å². The fourth-order valence-electron chi connectivity index (χ4n) is 3.30. The predicted molar refractivity (Wildman–Crippen MR) is 97.9 cm³/mol. The summed E-state index contributed by atoms with van der Waals surface area (Å²) in [6, 6.07) is 12.3. The van der Waals surface area contributed by atoms with Crippen LogP contribution >= 0.6 is 0 Å². The number of hydrogen-bond donors (Lipinski definition) is 0. The summed E-state index contributed by atoms with van der Waals surface area (Å²) < 4.78 is 39.8. The first-order valence-electron chi connectivity index (χ1n) is 8.50. The van der Waals surface area contributed by atoms with E-state index in [1.54, 1.807) is 11.8 Å². The van der Waals surface area contributed by atoms with Crippen molar-refractivity contribution in [1.82, 2.24) is 4.31 Å². The molecule has 7 heteroatoms. The van der Waals surface area contributed by atoms with E-state index in [1.807, 2.05) is 31.2 Å². The highest BCUT2D eigenvalue weighted by atomic mass is 32.2. The Balaban J connectivity index is 1.84. The van der Waals surface area contributed by atoms with E-state index in [2.05, 4.69) is 0 Å². The second kappa shape index (κ2) is 7.17. The molecule has 1 heterocycles. The summed E-state index contributed by atoms with van der Waals surface area (Å²) in [4.78, 5) is 14.5. The molecule has 0 radical (unpaired) electrons. The van der Waals surface area contributed by atoms with Gasteiger partial charge in [-0.25, -0.2) is 12.8 Å². The average Bonchev–Trinajstić information content (AvgIpc) is 2.95. The number of nitrogens with zero attached hydrogens (tertiary/aromatic N) is 2. The number of amides is 1. The van der Waals surface area contributed by atoms with Crippen molar-refractivity contribution in [3.63, 3.8) is 0 Å². The van der Waals surface area contributed by atoms with Crippen molar-refractivity contribution in [2.75, 3.05) is 18.0 Å². The van der Waals surface area contributed by atoms with Crippen LogP contribution in [0.25, 0.3) is 0 Å². The summed E-state index contributed by atoms with van der Waals surface area (Å²) >= 11 is 0. The monoisotopic (exact) mass is 376 g/mol. The lowest BCUT2D eigenvalue weighted by atomic mass is 10.1. The van der Waals surface area contributed by atoms with Crippen LogP contribution in [0.2, 0.25) is 0 Å². The zero-order valence-corrected chi connectivity index (χ0v) is 15.5. The lowest BCUT2D eigenvalue weighted by Gasteiger charge is -2.27. The van der Waals surface area contributed by atoms with Gasteiger partial charge in [-0.3, -0.25) is 4.79 Å². The van der Waals surface area contributed by atoms with E-state index < -0.39 is 15.8 Å². The van der Waals surface area contributed by atoms with Gasteiger partial charge in [0.1, 0.15) is 5.82 Å². The Morgan fingerprint density at radius 3 is 2.50 bits per heavy atom. The van der Waals surface area contributed by atoms with Crippen molar-refractivity contribution in [3.05, 3.63) is 59.9 Å². The van der Waals surface area contributed by atoms with Gasteiger partial charge < -0.3 is 4.90 Å². The molecule has 26 heavy (non-hydrogen) atoms. The zero-order valence-electron chi connectivity index (χ0n) is 14.7. The van der Waals surface area contributed by atoms with E-state index in [-0.39, 0.29) is 29.9 Å². The highest BCUT2D eigenvalue weighted by molar-refractivity contribution is 7.89. The lowest BCUT2D eigenvalue weighted by Crippen LogP contribution is -2.45. The predicted octanol–water partition coefficient (Wildman–Crippen LogP) is 2.81. The standard InChI is InChI=1S/C19H21FN2O3S/c1-3-21(26(24,25)17-10-8-16(20)9-11-17)13-19(23)22-14(2)12-15-6-4-5-7-18(15)22/h4-11,14H,3,12-13H2,1-2H3. The molecule has 1 unspecified atom stereocenters. The van der Waals surface area contributed by atoms with Gasteiger partial charge in [0.15, 0.2) is 0 Å². The van der Waals surface area contributed by atoms with Crippen LogP contribution < -0.4 is 4.90 Å². The summed E-state index contributed by atoms with van der Waals surface area (Å²) in [5.74, 6) is -0.777. The van der Waals surface area contributed by atoms with Gasteiger partial charge in [-0.2, -0.15) is 4.31 Å². The summed E-state index contributed by atoms with van der Waals surface area (Å²) in [7, 11) is -3.87. The number of carbonyl (C=O) groups is 1. The van der Waals surface area contributed by atoms with Crippen LogP contribution in [0.3, 0.4) is 0 Å². The third-order valence-corrected chi connectivity index (χ3v) is 6.53. The van der Waals surface area contributed by atoms with Gasteiger partial charge >= 0.3 is 0 Å². The average molecular weight is 376 g/mol. The Morgan fingerprint density at radius 2 is 1.85 bits per heavy atom. The molecular formula is C19H21FN2O3S. The Kier molecular flexibility index (Phi) is 5.11. The molecule has 0 N–H and O–H groups in total. The van der Waals surface area contributed by atoms with E-state index in [9.17, 15) is 17.6 Å². The molecule has 2 aromatic carbocycles. The van der Waals surface area contributed by atoms with E-state index in [1.165, 1.54) is 12.1 Å². The number of halogens is 1. The maximum atomic E-state index is 13.1. The maximum Gasteiger partial charge on any atom is 0.243 e. The molecule has 0 bridgehead atoms. The number of likely N-dealkylation sites (N-methyl/N-ethyl adjacent to an activating group) is 1. The number of rotatable bonds is 5. The van der Waals surface area contributed by atoms with Gasteiger partial charge in [0.2, 0.25) is 15.9 Å². The Hall–Kier alpha value is -2.25. The largest absolute Gasteiger partial charge is 0.308 e. The van der Waals surface area contributed by atoms with Gasteiger partial charge in [-0.15, -0.1) is 0 Å². The minimum Gasteiger partial charge on any atom is -0.308 e. The maximum absolute atomic E-state index is 13.1. The van der Waals surface area contributed by atoms with Gasteiger partial charge in [-0.1, -0.05) is 25.1 Å². The van der Waals surface area contributed by atoms with Crippen LogP contribution in [0.4, 0.5) is 10.1 Å². The van der Waals surface area contributed by atoms with E-state index in [0.29, 0.717) is 0 Å². The quantitative estimate of drug-likeness (QED) is 0.806. The summed E-state index contributed by atoms with van der Waals surface area (Å²) in [5, 5.41) is 0.